The first kappa shape index (κ1) is 4.90. The Kier molecular flexibility index (Phi) is 0.831. The molecule has 4 heteroatoms. The van der Waals surface area contributed by atoms with E-state index in [-0.39, 0.29) is 0 Å². The number of nitrogens with one attached hydrogen (secondary N) is 1. The SMILES string of the molecule is C[C@@H]1C[C@@H]1c1nnn[nH]1. The van der Waals surface area contributed by atoms with E-state index in [1.54, 1.807) is 0 Å². The normalized spacial score (nSPS) is 32.6. The Hall–Kier alpha value is -0.930. The van der Waals surface area contributed by atoms with E-state index < -0.39 is 0 Å². The van der Waals surface area contributed by atoms with Crippen molar-refractivity contribution in [3.8, 4) is 0 Å². The van der Waals surface area contributed by atoms with E-state index >= 15 is 0 Å². The quantitative estimate of drug-likeness (QED) is 0.586. The lowest BCUT2D eigenvalue weighted by Gasteiger charge is -1.82. The molecular formula is C5H8N4. The van der Waals surface area contributed by atoms with Gasteiger partial charge in [-0.05, 0) is 22.8 Å². The number of tetrazole rings is 1. The summed E-state index contributed by atoms with van der Waals surface area (Å²) in [6, 6.07) is 0. The van der Waals surface area contributed by atoms with Crippen LogP contribution in [0.15, 0.2) is 0 Å². The van der Waals surface area contributed by atoms with Gasteiger partial charge in [-0.1, -0.05) is 6.92 Å². The molecule has 1 aromatic rings. The third-order valence-electron chi connectivity index (χ3n) is 1.82. The minimum atomic E-state index is 0.611. The number of H-pyrrole nitrogens is 1. The molecule has 0 saturated heterocycles. The van der Waals surface area contributed by atoms with Crippen molar-refractivity contribution < 1.29 is 0 Å². The van der Waals surface area contributed by atoms with Crippen LogP contribution in [-0.4, -0.2) is 20.6 Å². The second kappa shape index (κ2) is 1.52. The van der Waals surface area contributed by atoms with E-state index in [0.717, 1.165) is 11.7 Å². The van der Waals surface area contributed by atoms with Crippen LogP contribution in [0.3, 0.4) is 0 Å². The Labute approximate surface area is 52.7 Å². The van der Waals surface area contributed by atoms with Crippen LogP contribution in [0, 0.1) is 5.92 Å². The summed E-state index contributed by atoms with van der Waals surface area (Å²) in [6.45, 7) is 2.20. The summed E-state index contributed by atoms with van der Waals surface area (Å²) in [5.41, 5.74) is 0. The molecule has 0 radical (unpaired) electrons. The number of nitrogens with zero attached hydrogens (tertiary/aromatic N) is 3. The summed E-state index contributed by atoms with van der Waals surface area (Å²) in [5.74, 6) is 2.34. The van der Waals surface area contributed by atoms with E-state index in [9.17, 15) is 0 Å². The van der Waals surface area contributed by atoms with Crippen molar-refractivity contribution in [2.24, 2.45) is 5.92 Å². The van der Waals surface area contributed by atoms with Gasteiger partial charge < -0.3 is 0 Å². The van der Waals surface area contributed by atoms with Crippen LogP contribution >= 0.6 is 0 Å². The first-order chi connectivity index (χ1) is 4.38. The predicted molar refractivity (Wildman–Crippen MR) is 30.7 cm³/mol. The summed E-state index contributed by atoms with van der Waals surface area (Å²) >= 11 is 0. The van der Waals surface area contributed by atoms with Crippen molar-refractivity contribution in [1.29, 1.82) is 0 Å². The Balaban J connectivity index is 2.18. The van der Waals surface area contributed by atoms with Crippen LogP contribution in [0.4, 0.5) is 0 Å². The molecule has 0 spiro atoms. The maximum Gasteiger partial charge on any atom is 0.151 e. The lowest BCUT2D eigenvalue weighted by atomic mass is 10.3. The molecule has 1 fully saturated rings. The lowest BCUT2D eigenvalue weighted by molar-refractivity contribution is 0.847. The Morgan fingerprint density at radius 2 is 2.44 bits per heavy atom. The molecule has 0 aliphatic heterocycles. The van der Waals surface area contributed by atoms with Crippen molar-refractivity contribution in [2.75, 3.05) is 0 Å². The third-order valence-corrected chi connectivity index (χ3v) is 1.82. The van der Waals surface area contributed by atoms with Gasteiger partial charge in [-0.2, -0.15) is 0 Å². The van der Waals surface area contributed by atoms with Gasteiger partial charge in [0, 0.05) is 5.92 Å². The van der Waals surface area contributed by atoms with E-state index in [1.165, 1.54) is 6.42 Å². The molecule has 1 aliphatic rings. The van der Waals surface area contributed by atoms with Gasteiger partial charge in [-0.25, -0.2) is 5.10 Å². The molecule has 2 atom stereocenters. The number of hydrogen-bond acceptors (Lipinski definition) is 3. The summed E-state index contributed by atoms with van der Waals surface area (Å²) in [4.78, 5) is 0. The van der Waals surface area contributed by atoms with Gasteiger partial charge in [0.1, 0.15) is 0 Å². The van der Waals surface area contributed by atoms with Gasteiger partial charge >= 0.3 is 0 Å². The number of aromatic amines is 1. The molecule has 9 heavy (non-hydrogen) atoms. The van der Waals surface area contributed by atoms with Crippen molar-refractivity contribution >= 4 is 0 Å². The minimum absolute atomic E-state index is 0.611. The number of aromatic nitrogens is 4. The van der Waals surface area contributed by atoms with Crippen molar-refractivity contribution in [3.63, 3.8) is 0 Å². The molecule has 1 heterocycles. The zero-order valence-electron chi connectivity index (χ0n) is 5.20. The van der Waals surface area contributed by atoms with E-state index in [0.29, 0.717) is 5.92 Å². The summed E-state index contributed by atoms with van der Waals surface area (Å²) < 4.78 is 0. The highest BCUT2D eigenvalue weighted by Crippen LogP contribution is 2.44. The monoisotopic (exact) mass is 124 g/mol. The van der Waals surface area contributed by atoms with Crippen LogP contribution in [0.25, 0.3) is 0 Å². The Morgan fingerprint density at radius 1 is 1.67 bits per heavy atom. The van der Waals surface area contributed by atoms with Crippen LogP contribution in [0.1, 0.15) is 25.1 Å². The predicted octanol–water partition coefficient (Wildman–Crippen LogP) is 0.323. The average molecular weight is 124 g/mol. The minimum Gasteiger partial charge on any atom is -0.243 e. The zero-order chi connectivity index (χ0) is 6.27. The average Bonchev–Trinajstić information content (AvgIpc) is 2.44. The van der Waals surface area contributed by atoms with Gasteiger partial charge in [-0.15, -0.1) is 5.10 Å². The molecular weight excluding hydrogens is 116 g/mol. The molecule has 1 aliphatic carbocycles. The van der Waals surface area contributed by atoms with Gasteiger partial charge in [0.2, 0.25) is 0 Å². The van der Waals surface area contributed by atoms with Crippen LogP contribution in [0.2, 0.25) is 0 Å². The molecule has 2 rings (SSSR count). The van der Waals surface area contributed by atoms with Gasteiger partial charge in [0.15, 0.2) is 5.82 Å². The highest BCUT2D eigenvalue weighted by Gasteiger charge is 2.36. The van der Waals surface area contributed by atoms with Crippen molar-refractivity contribution in [2.45, 2.75) is 19.3 Å². The molecule has 48 valence electrons. The third kappa shape index (κ3) is 0.704. The highest BCUT2D eigenvalue weighted by molar-refractivity contribution is 5.04. The van der Waals surface area contributed by atoms with Crippen LogP contribution in [0.5, 0.6) is 0 Å². The first-order valence-corrected chi connectivity index (χ1v) is 3.11. The maximum absolute atomic E-state index is 3.81. The van der Waals surface area contributed by atoms with Crippen LogP contribution in [-0.2, 0) is 0 Å². The fourth-order valence-electron chi connectivity index (χ4n) is 1.03. The summed E-state index contributed by atoms with van der Waals surface area (Å²) in [7, 11) is 0. The van der Waals surface area contributed by atoms with Gasteiger partial charge in [0.25, 0.3) is 0 Å². The first-order valence-electron chi connectivity index (χ1n) is 3.11. The lowest BCUT2D eigenvalue weighted by Crippen LogP contribution is -1.83. The molecule has 0 amide bonds. The number of hydrogen-bond donors (Lipinski definition) is 1. The molecule has 1 N–H and O–H groups in total. The molecule has 0 unspecified atom stereocenters. The van der Waals surface area contributed by atoms with E-state index in [2.05, 4.69) is 27.5 Å². The van der Waals surface area contributed by atoms with E-state index in [4.69, 9.17) is 0 Å². The summed E-state index contributed by atoms with van der Waals surface area (Å²) in [6.07, 6.45) is 1.23. The zero-order valence-corrected chi connectivity index (χ0v) is 5.20. The molecule has 1 saturated carbocycles. The number of rotatable bonds is 1. The molecule has 0 bridgehead atoms. The Morgan fingerprint density at radius 3 is 2.89 bits per heavy atom. The molecule has 0 aromatic carbocycles. The fourth-order valence-corrected chi connectivity index (χ4v) is 1.03. The van der Waals surface area contributed by atoms with Gasteiger partial charge in [-0.3, -0.25) is 0 Å². The largest absolute Gasteiger partial charge is 0.243 e. The van der Waals surface area contributed by atoms with Gasteiger partial charge in [0.05, 0.1) is 0 Å². The van der Waals surface area contributed by atoms with Crippen molar-refractivity contribution in [1.82, 2.24) is 20.6 Å². The highest BCUT2D eigenvalue weighted by atomic mass is 15.5. The molecule has 4 nitrogen and oxygen atoms in total. The second-order valence-electron chi connectivity index (χ2n) is 2.61. The van der Waals surface area contributed by atoms with Crippen LogP contribution < -0.4 is 0 Å². The standard InChI is InChI=1S/C5H8N4/c1-3-2-4(3)5-6-8-9-7-5/h3-4H,2H2,1H3,(H,6,7,8,9)/t3-,4+/m1/s1. The van der Waals surface area contributed by atoms with Crippen molar-refractivity contribution in [3.05, 3.63) is 5.82 Å². The molecule has 1 aromatic heterocycles. The fraction of sp³-hybridized carbons (Fsp3) is 0.800. The maximum atomic E-state index is 3.81. The van der Waals surface area contributed by atoms with E-state index in [1.807, 2.05) is 0 Å². The topological polar surface area (TPSA) is 54.5 Å². The Bertz CT molecular complexity index is 193. The summed E-state index contributed by atoms with van der Waals surface area (Å²) in [5, 5.41) is 13.6. The smallest absolute Gasteiger partial charge is 0.151 e. The second-order valence-corrected chi connectivity index (χ2v) is 2.61.